The maximum absolute atomic E-state index is 13.0. The lowest BCUT2D eigenvalue weighted by atomic mass is 10.2. The van der Waals surface area contributed by atoms with Crippen molar-refractivity contribution in [1.82, 2.24) is 19.5 Å². The van der Waals surface area contributed by atoms with Gasteiger partial charge in [0.2, 0.25) is 0 Å². The second kappa shape index (κ2) is 5.05. The molecule has 2 heterocycles. The number of fused-ring (bicyclic) bond motifs is 1. The molecule has 0 aliphatic heterocycles. The molecule has 3 aromatic rings. The van der Waals surface area contributed by atoms with Gasteiger partial charge in [-0.05, 0) is 17.7 Å². The van der Waals surface area contributed by atoms with Crippen LogP contribution in [0.1, 0.15) is 5.56 Å². The fourth-order valence-electron chi connectivity index (χ4n) is 1.96. The van der Waals surface area contributed by atoms with Crippen LogP contribution in [0.2, 0.25) is 5.15 Å². The highest BCUT2D eigenvalue weighted by molar-refractivity contribution is 6.33. The Morgan fingerprint density at radius 3 is 2.70 bits per heavy atom. The summed E-state index contributed by atoms with van der Waals surface area (Å²) < 4.78 is 19.9. The van der Waals surface area contributed by atoms with Gasteiger partial charge in [0.1, 0.15) is 11.3 Å². The van der Waals surface area contributed by atoms with E-state index >= 15 is 0 Å². The van der Waals surface area contributed by atoms with Crippen LogP contribution in [0.4, 0.5) is 4.39 Å². The molecule has 1 aromatic carbocycles. The molecule has 102 valence electrons. The Balaban J connectivity index is 1.98. The van der Waals surface area contributed by atoms with E-state index in [2.05, 4.69) is 15.0 Å². The van der Waals surface area contributed by atoms with Crippen LogP contribution in [0.5, 0.6) is 5.75 Å². The van der Waals surface area contributed by atoms with Gasteiger partial charge >= 0.3 is 6.08 Å². The van der Waals surface area contributed by atoms with Crippen LogP contribution < -0.4 is 4.74 Å². The Bertz CT molecular complexity index is 757. The molecule has 0 saturated carbocycles. The van der Waals surface area contributed by atoms with Crippen molar-refractivity contribution in [1.29, 1.82) is 0 Å². The molecule has 0 atom stereocenters. The predicted octanol–water partition coefficient (Wildman–Crippen LogP) is 2.68. The maximum Gasteiger partial charge on any atom is 0.312 e. The van der Waals surface area contributed by atoms with Crippen molar-refractivity contribution in [2.24, 2.45) is 0 Å². The van der Waals surface area contributed by atoms with E-state index in [9.17, 15) is 4.39 Å². The fourth-order valence-corrected chi connectivity index (χ4v) is 2.22. The van der Waals surface area contributed by atoms with Crippen molar-refractivity contribution >= 4 is 22.8 Å². The summed E-state index contributed by atoms with van der Waals surface area (Å²) in [6, 6.07) is 7.60. The summed E-state index contributed by atoms with van der Waals surface area (Å²) in [5, 5.41) is 0.0542. The molecule has 0 saturated heterocycles. The molecule has 0 N–H and O–H groups in total. The number of imidazole rings is 1. The molecule has 0 spiro atoms. The Hall–Kier alpha value is -2.21. The van der Waals surface area contributed by atoms with E-state index in [1.807, 2.05) is 24.3 Å². The number of benzene rings is 1. The smallest absolute Gasteiger partial charge is 0.312 e. The average Bonchev–Trinajstić information content (AvgIpc) is 2.82. The van der Waals surface area contributed by atoms with Crippen molar-refractivity contribution in [3.8, 4) is 5.75 Å². The van der Waals surface area contributed by atoms with Crippen molar-refractivity contribution < 1.29 is 9.13 Å². The first kappa shape index (κ1) is 12.8. The molecule has 5 nitrogen and oxygen atoms in total. The zero-order valence-electron chi connectivity index (χ0n) is 10.5. The van der Waals surface area contributed by atoms with Gasteiger partial charge in [0.15, 0.2) is 10.8 Å². The van der Waals surface area contributed by atoms with E-state index in [1.165, 1.54) is 0 Å². The Kier molecular flexibility index (Phi) is 3.23. The maximum atomic E-state index is 13.0. The molecule has 0 aliphatic rings. The summed E-state index contributed by atoms with van der Waals surface area (Å²) >= 11 is 5.95. The number of nitrogens with zero attached hydrogens (tertiary/aromatic N) is 4. The fraction of sp³-hybridized carbons (Fsp3) is 0.154. The van der Waals surface area contributed by atoms with Gasteiger partial charge in [0.05, 0.1) is 13.4 Å². The first-order chi connectivity index (χ1) is 9.67. The monoisotopic (exact) mass is 292 g/mol. The molecule has 0 radical (unpaired) electrons. The minimum atomic E-state index is -0.878. The third kappa shape index (κ3) is 2.30. The van der Waals surface area contributed by atoms with E-state index in [0.717, 1.165) is 11.3 Å². The largest absolute Gasteiger partial charge is 0.497 e. The Morgan fingerprint density at radius 2 is 2.00 bits per heavy atom. The summed E-state index contributed by atoms with van der Waals surface area (Å²) in [5.41, 5.74) is 1.80. The number of ether oxygens (including phenoxy) is 1. The summed E-state index contributed by atoms with van der Waals surface area (Å²) in [7, 11) is 1.62. The molecule has 0 aliphatic carbocycles. The lowest BCUT2D eigenvalue weighted by Gasteiger charge is -2.06. The molecular formula is C13H10ClFN4O. The molecule has 0 fully saturated rings. The molecule has 0 amide bonds. The van der Waals surface area contributed by atoms with Gasteiger partial charge in [0, 0.05) is 6.54 Å². The van der Waals surface area contributed by atoms with E-state index < -0.39 is 6.08 Å². The SMILES string of the molecule is COc1ccc(Cn2cnc3nc(F)nc(Cl)c32)cc1. The van der Waals surface area contributed by atoms with Crippen LogP contribution in [0.3, 0.4) is 0 Å². The molecule has 20 heavy (non-hydrogen) atoms. The van der Waals surface area contributed by atoms with Gasteiger partial charge in [-0.1, -0.05) is 23.7 Å². The number of rotatable bonds is 3. The number of hydrogen-bond acceptors (Lipinski definition) is 4. The summed E-state index contributed by atoms with van der Waals surface area (Å²) in [6.07, 6.45) is 0.687. The minimum Gasteiger partial charge on any atom is -0.497 e. The lowest BCUT2D eigenvalue weighted by molar-refractivity contribution is 0.414. The third-order valence-corrected chi connectivity index (χ3v) is 3.18. The van der Waals surface area contributed by atoms with Gasteiger partial charge in [-0.15, -0.1) is 0 Å². The second-order valence-electron chi connectivity index (χ2n) is 4.18. The van der Waals surface area contributed by atoms with Crippen LogP contribution >= 0.6 is 11.6 Å². The Morgan fingerprint density at radius 1 is 1.25 bits per heavy atom. The molecule has 2 aromatic heterocycles. The molecule has 3 rings (SSSR count). The normalized spacial score (nSPS) is 10.9. The predicted molar refractivity (Wildman–Crippen MR) is 72.4 cm³/mol. The molecule has 0 unspecified atom stereocenters. The first-order valence-electron chi connectivity index (χ1n) is 5.84. The second-order valence-corrected chi connectivity index (χ2v) is 4.53. The van der Waals surface area contributed by atoms with E-state index in [4.69, 9.17) is 16.3 Å². The minimum absolute atomic E-state index is 0.0542. The summed E-state index contributed by atoms with van der Waals surface area (Å²) in [5.74, 6) is 0.785. The lowest BCUT2D eigenvalue weighted by Crippen LogP contribution is -2.00. The van der Waals surface area contributed by atoms with Crippen LogP contribution in [0.25, 0.3) is 11.2 Å². The molecular weight excluding hydrogens is 283 g/mol. The Labute approximate surface area is 119 Å². The van der Waals surface area contributed by atoms with Crippen molar-refractivity contribution in [2.45, 2.75) is 6.54 Å². The topological polar surface area (TPSA) is 52.8 Å². The van der Waals surface area contributed by atoms with Crippen molar-refractivity contribution in [3.05, 3.63) is 47.4 Å². The zero-order valence-corrected chi connectivity index (χ0v) is 11.3. The van der Waals surface area contributed by atoms with Gasteiger partial charge in [-0.2, -0.15) is 14.4 Å². The molecule has 7 heteroatoms. The number of aromatic nitrogens is 4. The highest BCUT2D eigenvalue weighted by Gasteiger charge is 2.12. The average molecular weight is 293 g/mol. The van der Waals surface area contributed by atoms with Crippen LogP contribution in [0.15, 0.2) is 30.6 Å². The first-order valence-corrected chi connectivity index (χ1v) is 6.22. The van der Waals surface area contributed by atoms with Gasteiger partial charge in [-0.25, -0.2) is 4.98 Å². The third-order valence-electron chi connectivity index (χ3n) is 2.91. The van der Waals surface area contributed by atoms with Crippen LogP contribution in [-0.4, -0.2) is 26.6 Å². The highest BCUT2D eigenvalue weighted by Crippen LogP contribution is 2.21. The van der Waals surface area contributed by atoms with Gasteiger partial charge in [0.25, 0.3) is 0 Å². The number of methoxy groups -OCH3 is 1. The quantitative estimate of drug-likeness (QED) is 0.550. The van der Waals surface area contributed by atoms with Crippen molar-refractivity contribution in [2.75, 3.05) is 7.11 Å². The molecule has 0 bridgehead atoms. The number of halogens is 2. The van der Waals surface area contributed by atoms with E-state index in [1.54, 1.807) is 18.0 Å². The van der Waals surface area contributed by atoms with Crippen LogP contribution in [-0.2, 0) is 6.54 Å². The van der Waals surface area contributed by atoms with E-state index in [-0.39, 0.29) is 10.8 Å². The summed E-state index contributed by atoms with van der Waals surface area (Å²) in [4.78, 5) is 11.2. The van der Waals surface area contributed by atoms with Crippen LogP contribution in [0, 0.1) is 6.08 Å². The van der Waals surface area contributed by atoms with Gasteiger partial charge in [-0.3, -0.25) is 0 Å². The summed E-state index contributed by atoms with van der Waals surface area (Å²) in [6.45, 7) is 0.537. The van der Waals surface area contributed by atoms with E-state index in [0.29, 0.717) is 12.1 Å². The number of hydrogen-bond donors (Lipinski definition) is 0. The van der Waals surface area contributed by atoms with Gasteiger partial charge < -0.3 is 9.30 Å². The highest BCUT2D eigenvalue weighted by atomic mass is 35.5. The standard InChI is InChI=1S/C13H10ClFN4O/c1-20-9-4-2-8(3-5-9)6-19-7-16-12-10(19)11(14)17-13(15)18-12/h2-5,7H,6H2,1H3. The van der Waals surface area contributed by atoms with Crippen molar-refractivity contribution in [3.63, 3.8) is 0 Å². The zero-order chi connectivity index (χ0) is 14.1.